The molecule has 0 spiro atoms. The summed E-state index contributed by atoms with van der Waals surface area (Å²) in [6, 6.07) is 28.2. The summed E-state index contributed by atoms with van der Waals surface area (Å²) in [7, 11) is -3.64. The number of fused-ring (bicyclic) bond motifs is 1. The van der Waals surface area contributed by atoms with Gasteiger partial charge in [-0.15, -0.1) is 11.3 Å². The summed E-state index contributed by atoms with van der Waals surface area (Å²) in [4.78, 5) is 63.1. The molecule has 6 aromatic rings. The largest absolute Gasteiger partial charge is 0.444 e. The Balaban J connectivity index is 1.39. The van der Waals surface area contributed by atoms with Crippen LogP contribution in [0.1, 0.15) is 69.8 Å². The number of rotatable bonds is 13. The number of aryl methyl sites for hydroxylation is 1. The molecule has 7 rings (SSSR count). The van der Waals surface area contributed by atoms with Crippen LogP contribution in [0.2, 0.25) is 5.04 Å². The summed E-state index contributed by atoms with van der Waals surface area (Å²) in [5.41, 5.74) is -1.41. The highest BCUT2D eigenvalue weighted by molar-refractivity contribution is 7.22. The molecule has 57 heavy (non-hydrogen) atoms. The standard InChI is InChI=1S/C44H46N4O7SSi/c1-29-37-40(50)48(44(4,5)36(49)26-43(2,3)57(52,32-15-8-6-9-16-32)33-17-10-7-11-18-33)42(51)47(41(37)56-38(29)39-46-22-25-54-39)28-35(55-31-20-23-53-24-21-31)34-19-13-12-14-30(34)27-45/h6-19,22,25,31,35,52H,20-21,23-24,26,28H2,1-5H3. The van der Waals surface area contributed by atoms with Crippen molar-refractivity contribution in [3.8, 4) is 16.8 Å². The van der Waals surface area contributed by atoms with Crippen molar-refractivity contribution in [2.75, 3.05) is 13.2 Å². The lowest BCUT2D eigenvalue weighted by atomic mass is 9.91. The van der Waals surface area contributed by atoms with Crippen LogP contribution in [0.25, 0.3) is 21.0 Å². The first-order valence-corrected chi connectivity index (χ1v) is 21.8. The molecule has 4 heterocycles. The van der Waals surface area contributed by atoms with E-state index in [0.717, 1.165) is 14.9 Å². The van der Waals surface area contributed by atoms with Crippen molar-refractivity contribution in [2.24, 2.45) is 0 Å². The molecule has 0 radical (unpaired) electrons. The minimum absolute atomic E-state index is 0.0545. The van der Waals surface area contributed by atoms with Crippen LogP contribution in [-0.4, -0.2) is 52.3 Å². The van der Waals surface area contributed by atoms with Crippen molar-refractivity contribution in [1.82, 2.24) is 14.1 Å². The number of thiophene rings is 1. The first kappa shape index (κ1) is 40.0. The third kappa shape index (κ3) is 7.28. The first-order chi connectivity index (χ1) is 27.3. The van der Waals surface area contributed by atoms with E-state index >= 15 is 4.79 Å². The van der Waals surface area contributed by atoms with Crippen LogP contribution in [0.5, 0.6) is 0 Å². The third-order valence-electron chi connectivity index (χ3n) is 11.3. The maximum Gasteiger partial charge on any atom is 0.333 e. The molecule has 294 valence electrons. The molecule has 1 aliphatic heterocycles. The van der Waals surface area contributed by atoms with Crippen LogP contribution in [0.15, 0.2) is 111 Å². The minimum Gasteiger partial charge on any atom is -0.444 e. The van der Waals surface area contributed by atoms with E-state index in [2.05, 4.69) is 11.1 Å². The van der Waals surface area contributed by atoms with Crippen molar-refractivity contribution >= 4 is 46.0 Å². The number of Topliss-reactive ketones (excluding diaryl/α,β-unsaturated/α-hetero) is 1. The second kappa shape index (κ2) is 16.0. The SMILES string of the molecule is Cc1c(-c2ncco2)sc2c1c(=O)n(C(C)(C)C(=O)CC(C)(C)[Si](O)(c1ccccc1)c1ccccc1)c(=O)n2CC(OC1CCOCC1)c1ccccc1C#N. The van der Waals surface area contributed by atoms with Crippen LogP contribution < -0.4 is 21.6 Å². The Kier molecular flexibility index (Phi) is 11.2. The number of oxazole rings is 1. The van der Waals surface area contributed by atoms with E-state index in [9.17, 15) is 19.6 Å². The molecule has 1 N–H and O–H groups in total. The molecule has 0 saturated carbocycles. The highest BCUT2D eigenvalue weighted by Crippen LogP contribution is 2.42. The first-order valence-electron chi connectivity index (χ1n) is 19.1. The van der Waals surface area contributed by atoms with Crippen molar-refractivity contribution in [3.63, 3.8) is 0 Å². The lowest BCUT2D eigenvalue weighted by molar-refractivity contribution is -0.127. The molecular weight excluding hydrogens is 757 g/mol. The normalized spacial score (nSPS) is 14.8. The number of nitriles is 1. The van der Waals surface area contributed by atoms with Crippen LogP contribution in [0, 0.1) is 18.3 Å². The predicted molar refractivity (Wildman–Crippen MR) is 223 cm³/mol. The highest BCUT2D eigenvalue weighted by atomic mass is 32.1. The van der Waals surface area contributed by atoms with Gasteiger partial charge in [0.25, 0.3) is 13.9 Å². The lowest BCUT2D eigenvalue weighted by Gasteiger charge is -2.42. The van der Waals surface area contributed by atoms with Crippen LogP contribution >= 0.6 is 11.3 Å². The fourth-order valence-electron chi connectivity index (χ4n) is 8.02. The Labute approximate surface area is 335 Å². The van der Waals surface area contributed by atoms with Crippen molar-refractivity contribution in [2.45, 2.75) is 83.2 Å². The van der Waals surface area contributed by atoms with E-state index in [-0.39, 0.29) is 30.2 Å². The average Bonchev–Trinajstić information content (AvgIpc) is 3.87. The molecule has 11 nitrogen and oxygen atoms in total. The maximum atomic E-state index is 15.1. The summed E-state index contributed by atoms with van der Waals surface area (Å²) in [5.74, 6) is -0.0901. The van der Waals surface area contributed by atoms with E-state index < -0.39 is 36.2 Å². The number of ketones is 1. The number of ether oxygens (including phenoxy) is 2. The van der Waals surface area contributed by atoms with Gasteiger partial charge in [-0.25, -0.2) is 14.3 Å². The number of hydrogen-bond acceptors (Lipinski definition) is 10. The average molecular weight is 803 g/mol. The second-order valence-corrected chi connectivity index (χ2v) is 20.7. The number of carbonyl (C=O) groups excluding carboxylic acids is 1. The van der Waals surface area contributed by atoms with Crippen molar-refractivity contribution < 1.29 is 23.5 Å². The number of aromatic nitrogens is 3. The number of carbonyl (C=O) groups is 1. The molecular formula is C44H46N4O7SSi. The zero-order chi connectivity index (χ0) is 40.5. The van der Waals surface area contributed by atoms with Gasteiger partial charge in [-0.3, -0.25) is 14.2 Å². The van der Waals surface area contributed by atoms with Gasteiger partial charge in [0, 0.05) is 25.2 Å². The van der Waals surface area contributed by atoms with Crippen molar-refractivity contribution in [1.29, 1.82) is 5.26 Å². The van der Waals surface area contributed by atoms with Gasteiger partial charge in [-0.1, -0.05) is 92.7 Å². The molecule has 1 aliphatic rings. The number of nitrogens with zero attached hydrogens (tertiary/aromatic N) is 4. The Morgan fingerprint density at radius 3 is 2.21 bits per heavy atom. The van der Waals surface area contributed by atoms with Gasteiger partial charge in [0.15, 0.2) is 5.78 Å². The van der Waals surface area contributed by atoms with Gasteiger partial charge in [-0.05, 0) is 60.7 Å². The monoisotopic (exact) mass is 802 g/mol. The molecule has 3 aromatic carbocycles. The highest BCUT2D eigenvalue weighted by Gasteiger charge is 2.52. The quantitative estimate of drug-likeness (QED) is 0.134. The van der Waals surface area contributed by atoms with E-state index in [1.807, 2.05) is 86.6 Å². The molecule has 3 aromatic heterocycles. The van der Waals surface area contributed by atoms with E-state index in [1.54, 1.807) is 32.9 Å². The van der Waals surface area contributed by atoms with Crippen LogP contribution in [-0.2, 0) is 26.4 Å². The van der Waals surface area contributed by atoms with Gasteiger partial charge >= 0.3 is 5.69 Å². The summed E-state index contributed by atoms with van der Waals surface area (Å²) in [5, 5.41) is 10.9. The molecule has 0 amide bonds. The fourth-order valence-corrected chi connectivity index (χ4v) is 12.9. The summed E-state index contributed by atoms with van der Waals surface area (Å²) in [6.45, 7) is 9.72. The topological polar surface area (TPSA) is 150 Å². The van der Waals surface area contributed by atoms with E-state index in [4.69, 9.17) is 13.9 Å². The zero-order valence-corrected chi connectivity index (χ0v) is 34.5. The third-order valence-corrected chi connectivity index (χ3v) is 17.1. The Hall–Kier alpha value is -5.23. The van der Waals surface area contributed by atoms with E-state index in [1.165, 1.54) is 28.4 Å². The summed E-state index contributed by atoms with van der Waals surface area (Å²) >= 11 is 1.21. The Morgan fingerprint density at radius 1 is 1.00 bits per heavy atom. The van der Waals surface area contributed by atoms with Gasteiger partial charge in [0.2, 0.25) is 5.89 Å². The molecule has 1 unspecified atom stereocenters. The Bertz CT molecular complexity index is 2510. The predicted octanol–water partition coefficient (Wildman–Crippen LogP) is 6.22. The molecule has 13 heteroatoms. The molecule has 1 atom stereocenters. The van der Waals surface area contributed by atoms with E-state index in [0.29, 0.717) is 58.3 Å². The molecule has 0 aliphatic carbocycles. The number of benzene rings is 3. The van der Waals surface area contributed by atoms with Gasteiger partial charge in [-0.2, -0.15) is 5.26 Å². The van der Waals surface area contributed by atoms with Gasteiger partial charge in [0.1, 0.15) is 22.7 Å². The Morgan fingerprint density at radius 2 is 1.61 bits per heavy atom. The molecule has 1 fully saturated rings. The fraction of sp³-hybridized carbons (Fsp3) is 0.341. The molecule has 1 saturated heterocycles. The summed E-state index contributed by atoms with van der Waals surface area (Å²) in [6.07, 6.45) is 3.14. The second-order valence-electron chi connectivity index (χ2n) is 15.7. The minimum atomic E-state index is -3.64. The van der Waals surface area contributed by atoms with Gasteiger partial charge in [0.05, 0.1) is 40.7 Å². The molecule has 0 bridgehead atoms. The number of hydrogen-bond donors (Lipinski definition) is 1. The van der Waals surface area contributed by atoms with Gasteiger partial charge < -0.3 is 18.7 Å². The summed E-state index contributed by atoms with van der Waals surface area (Å²) < 4.78 is 20.5. The lowest BCUT2D eigenvalue weighted by Crippen LogP contribution is -2.66. The smallest absolute Gasteiger partial charge is 0.333 e. The van der Waals surface area contributed by atoms with Crippen LogP contribution in [0.3, 0.4) is 0 Å². The maximum absolute atomic E-state index is 15.1. The van der Waals surface area contributed by atoms with Crippen LogP contribution in [0.4, 0.5) is 0 Å². The van der Waals surface area contributed by atoms with Crippen molar-refractivity contribution in [3.05, 3.63) is 135 Å². The zero-order valence-electron chi connectivity index (χ0n) is 32.7.